The number of anilines is 1. The van der Waals surface area contributed by atoms with Gasteiger partial charge in [0.05, 0.1) is 15.8 Å². The number of benzene rings is 1. The quantitative estimate of drug-likeness (QED) is 0.537. The molecule has 1 aromatic carbocycles. The molecule has 3 aromatic heterocycles. The van der Waals surface area contributed by atoms with E-state index >= 15 is 0 Å². The maximum atomic E-state index is 12.6. The monoisotopic (exact) mass is 401 g/mol. The van der Waals surface area contributed by atoms with Gasteiger partial charge < -0.3 is 5.32 Å². The van der Waals surface area contributed by atoms with E-state index in [-0.39, 0.29) is 5.91 Å². The van der Waals surface area contributed by atoms with Gasteiger partial charge in [-0.05, 0) is 23.8 Å². The summed E-state index contributed by atoms with van der Waals surface area (Å²) in [5, 5.41) is 9.56. The normalized spacial score (nSPS) is 10.8. The highest BCUT2D eigenvalue weighted by Gasteiger charge is 2.15. The van der Waals surface area contributed by atoms with E-state index in [0.717, 1.165) is 21.1 Å². The zero-order valence-corrected chi connectivity index (χ0v) is 15.7. The lowest BCUT2D eigenvalue weighted by Gasteiger charge is -2.10. The Bertz CT molecular complexity index is 1040. The Hall–Kier alpha value is -2.55. The van der Waals surface area contributed by atoms with Gasteiger partial charge in [0.2, 0.25) is 0 Å². The van der Waals surface area contributed by atoms with Crippen LogP contribution < -0.4 is 5.32 Å². The number of hydrogen-bond acceptors (Lipinski definition) is 6. The van der Waals surface area contributed by atoms with Crippen LogP contribution in [0.5, 0.6) is 0 Å². The molecule has 0 atom stereocenters. The predicted octanol–water partition coefficient (Wildman–Crippen LogP) is 4.42. The molecule has 0 unspecified atom stereocenters. The van der Waals surface area contributed by atoms with Crippen LogP contribution in [-0.2, 0) is 6.54 Å². The van der Waals surface area contributed by atoms with Gasteiger partial charge in [-0.1, -0.05) is 29.8 Å². The third kappa shape index (κ3) is 3.67. The Morgan fingerprint density at radius 1 is 1.23 bits per heavy atom. The van der Waals surface area contributed by atoms with Crippen LogP contribution in [0.3, 0.4) is 0 Å². The van der Waals surface area contributed by atoms with Crippen molar-refractivity contribution in [3.8, 4) is 9.88 Å². The highest BCUT2D eigenvalue weighted by Crippen LogP contribution is 2.33. The third-order valence-electron chi connectivity index (χ3n) is 3.59. The molecule has 0 radical (unpaired) electrons. The fraction of sp³-hybridized carbons (Fsp3) is 0.0588. The molecule has 0 aliphatic rings. The fourth-order valence-electron chi connectivity index (χ4n) is 2.38. The Morgan fingerprint density at radius 2 is 2.12 bits per heavy atom. The highest BCUT2D eigenvalue weighted by atomic mass is 35.5. The van der Waals surface area contributed by atoms with Crippen LogP contribution in [0.4, 0.5) is 5.69 Å². The minimum Gasteiger partial charge on any atom is -0.320 e. The number of nitrogens with zero attached hydrogens (tertiary/aromatic N) is 4. The second-order valence-corrected chi connectivity index (χ2v) is 7.92. The van der Waals surface area contributed by atoms with E-state index in [2.05, 4.69) is 20.4 Å². The summed E-state index contributed by atoms with van der Waals surface area (Å²) >= 11 is 8.83. The molecule has 4 aromatic rings. The molecule has 1 N–H and O–H groups in total. The lowest BCUT2D eigenvalue weighted by atomic mass is 10.1. The highest BCUT2D eigenvalue weighted by molar-refractivity contribution is 7.23. The molecule has 0 fully saturated rings. The molecule has 0 aliphatic carbocycles. The van der Waals surface area contributed by atoms with Crippen LogP contribution >= 0.6 is 34.3 Å². The molecule has 0 saturated carbocycles. The van der Waals surface area contributed by atoms with E-state index in [9.17, 15) is 4.79 Å². The van der Waals surface area contributed by atoms with Crippen molar-refractivity contribution in [2.24, 2.45) is 0 Å². The largest absolute Gasteiger partial charge is 0.320 e. The van der Waals surface area contributed by atoms with Crippen LogP contribution in [0.15, 0.2) is 54.4 Å². The van der Waals surface area contributed by atoms with Crippen molar-refractivity contribution in [2.75, 3.05) is 5.32 Å². The summed E-state index contributed by atoms with van der Waals surface area (Å²) in [5.41, 5.74) is 2.04. The van der Waals surface area contributed by atoms with E-state index < -0.39 is 0 Å². The van der Waals surface area contributed by atoms with Crippen molar-refractivity contribution in [1.82, 2.24) is 19.7 Å². The summed E-state index contributed by atoms with van der Waals surface area (Å²) in [5.74, 6) is -0.249. The first-order valence-corrected chi connectivity index (χ1v) is 9.69. The number of aromatic nitrogens is 4. The van der Waals surface area contributed by atoms with E-state index in [1.54, 1.807) is 16.4 Å². The number of rotatable bonds is 5. The second kappa shape index (κ2) is 7.36. The first-order chi connectivity index (χ1) is 12.7. The summed E-state index contributed by atoms with van der Waals surface area (Å²) < 4.78 is 2.40. The Morgan fingerprint density at radius 3 is 2.88 bits per heavy atom. The Labute approximate surface area is 162 Å². The number of carbonyl (C=O) groups excluding carboxylic acids is 1. The first kappa shape index (κ1) is 16.9. The summed E-state index contributed by atoms with van der Waals surface area (Å²) in [6.45, 7) is 0.520. The molecule has 3 heterocycles. The van der Waals surface area contributed by atoms with Crippen LogP contribution in [0.1, 0.15) is 16.1 Å². The minimum atomic E-state index is -0.249. The van der Waals surface area contributed by atoms with Gasteiger partial charge in [-0.2, -0.15) is 5.10 Å². The molecule has 0 spiro atoms. The van der Waals surface area contributed by atoms with Gasteiger partial charge in [0.15, 0.2) is 0 Å². The van der Waals surface area contributed by atoms with Crippen molar-refractivity contribution in [3.63, 3.8) is 0 Å². The average molecular weight is 402 g/mol. The second-order valence-electron chi connectivity index (χ2n) is 5.35. The van der Waals surface area contributed by atoms with Gasteiger partial charge in [0.25, 0.3) is 5.91 Å². The number of thiazole rings is 1. The Kier molecular flexibility index (Phi) is 4.79. The zero-order chi connectivity index (χ0) is 17.9. The molecular weight excluding hydrogens is 390 g/mol. The molecule has 0 aliphatic heterocycles. The molecule has 130 valence electrons. The molecule has 0 saturated heterocycles. The van der Waals surface area contributed by atoms with Gasteiger partial charge in [-0.25, -0.2) is 14.6 Å². The first-order valence-electron chi connectivity index (χ1n) is 7.62. The standard InChI is InChI=1S/C17H12ClN5OS2/c18-15-6-5-14(26-15)17-22-13(8-25-17)16(24)21-12-4-2-1-3-11(12)7-23-10-19-9-20-23/h1-6,8-10H,7H2,(H,21,24). The summed E-state index contributed by atoms with van der Waals surface area (Å²) in [4.78, 5) is 21.9. The number of hydrogen-bond donors (Lipinski definition) is 1. The molecule has 1 amide bonds. The number of thiophene rings is 1. The molecule has 6 nitrogen and oxygen atoms in total. The minimum absolute atomic E-state index is 0.249. The van der Waals surface area contributed by atoms with Gasteiger partial charge in [0, 0.05) is 11.1 Å². The number of nitrogens with one attached hydrogen (secondary N) is 1. The number of amides is 1. The lowest BCUT2D eigenvalue weighted by molar-refractivity contribution is 0.102. The average Bonchev–Trinajstić information content (AvgIpc) is 3.37. The summed E-state index contributed by atoms with van der Waals surface area (Å²) in [7, 11) is 0. The maximum absolute atomic E-state index is 12.6. The zero-order valence-electron chi connectivity index (χ0n) is 13.3. The maximum Gasteiger partial charge on any atom is 0.275 e. The van der Waals surface area contributed by atoms with E-state index in [1.165, 1.54) is 29.0 Å². The Balaban J connectivity index is 1.53. The third-order valence-corrected chi connectivity index (χ3v) is 5.83. The predicted molar refractivity (Wildman–Crippen MR) is 104 cm³/mol. The van der Waals surface area contributed by atoms with Crippen LogP contribution in [0.2, 0.25) is 4.34 Å². The van der Waals surface area contributed by atoms with Crippen molar-refractivity contribution < 1.29 is 4.79 Å². The molecular formula is C17H12ClN5OS2. The van der Waals surface area contributed by atoms with Crippen LogP contribution in [0.25, 0.3) is 9.88 Å². The van der Waals surface area contributed by atoms with Gasteiger partial charge in [0.1, 0.15) is 23.4 Å². The van der Waals surface area contributed by atoms with Crippen molar-refractivity contribution in [2.45, 2.75) is 6.54 Å². The molecule has 26 heavy (non-hydrogen) atoms. The van der Waals surface area contributed by atoms with Crippen molar-refractivity contribution in [1.29, 1.82) is 0 Å². The van der Waals surface area contributed by atoms with E-state index in [1.807, 2.05) is 36.4 Å². The fourth-order valence-corrected chi connectivity index (χ4v) is 4.29. The summed E-state index contributed by atoms with van der Waals surface area (Å²) in [6, 6.07) is 11.3. The smallest absolute Gasteiger partial charge is 0.275 e. The van der Waals surface area contributed by atoms with Crippen LogP contribution in [0, 0.1) is 0 Å². The van der Waals surface area contributed by atoms with Gasteiger partial charge in [-0.15, -0.1) is 22.7 Å². The van der Waals surface area contributed by atoms with Crippen LogP contribution in [-0.4, -0.2) is 25.7 Å². The van der Waals surface area contributed by atoms with E-state index in [0.29, 0.717) is 16.6 Å². The molecule has 9 heteroatoms. The SMILES string of the molecule is O=C(Nc1ccccc1Cn1cncn1)c1csc(-c2ccc(Cl)s2)n1. The van der Waals surface area contributed by atoms with Crippen molar-refractivity contribution >= 4 is 45.9 Å². The molecule has 0 bridgehead atoms. The lowest BCUT2D eigenvalue weighted by Crippen LogP contribution is -2.14. The van der Waals surface area contributed by atoms with Gasteiger partial charge in [-0.3, -0.25) is 4.79 Å². The van der Waals surface area contributed by atoms with E-state index in [4.69, 9.17) is 11.6 Å². The topological polar surface area (TPSA) is 72.7 Å². The number of para-hydroxylation sites is 1. The number of halogens is 1. The van der Waals surface area contributed by atoms with Gasteiger partial charge >= 0.3 is 0 Å². The number of carbonyl (C=O) groups is 1. The summed E-state index contributed by atoms with van der Waals surface area (Å²) in [6.07, 6.45) is 3.12. The molecule has 4 rings (SSSR count). The van der Waals surface area contributed by atoms with Crippen molar-refractivity contribution in [3.05, 3.63) is 70.0 Å².